The molecule has 0 aliphatic carbocycles. The molecule has 1 nitrogen and oxygen atoms in total. The molecule has 1 aliphatic heterocycles. The van der Waals surface area contributed by atoms with Crippen LogP contribution in [0.25, 0.3) is 0 Å². The highest BCUT2D eigenvalue weighted by Gasteiger charge is 2.24. The summed E-state index contributed by atoms with van der Waals surface area (Å²) >= 11 is 4.03. The molecule has 0 aromatic carbocycles. The van der Waals surface area contributed by atoms with Crippen LogP contribution in [-0.2, 0) is 0 Å². The van der Waals surface area contributed by atoms with E-state index in [1.807, 2.05) is 23.5 Å². The molecule has 1 rings (SSSR count). The van der Waals surface area contributed by atoms with E-state index >= 15 is 0 Å². The first kappa shape index (κ1) is 12.7. The molecule has 0 radical (unpaired) electrons. The Morgan fingerprint density at radius 2 is 2.00 bits per heavy atom. The zero-order valence-electron chi connectivity index (χ0n) is 9.08. The summed E-state index contributed by atoms with van der Waals surface area (Å²) in [5.74, 6) is 1.15. The maximum absolute atomic E-state index is 8.99. The van der Waals surface area contributed by atoms with Crippen LogP contribution >= 0.6 is 23.5 Å². The molecule has 1 heterocycles. The predicted octanol–water partition coefficient (Wildman–Crippen LogP) is 3.51. The lowest BCUT2D eigenvalue weighted by Gasteiger charge is -2.08. The summed E-state index contributed by atoms with van der Waals surface area (Å²) in [5, 5.41) is 9.51. The maximum Gasteiger partial charge on any atom is 0.0558 e. The molecule has 1 saturated heterocycles. The van der Waals surface area contributed by atoms with Gasteiger partial charge in [0.25, 0.3) is 0 Å². The summed E-state index contributed by atoms with van der Waals surface area (Å²) in [6, 6.07) is 0. The number of aliphatic hydroxyl groups excluding tert-OH is 1. The molecule has 1 N–H and O–H groups in total. The van der Waals surface area contributed by atoms with Crippen molar-refractivity contribution in [2.45, 2.75) is 55.3 Å². The van der Waals surface area contributed by atoms with Crippen molar-refractivity contribution in [3.05, 3.63) is 0 Å². The van der Waals surface area contributed by atoms with E-state index < -0.39 is 0 Å². The molecule has 84 valence electrons. The van der Waals surface area contributed by atoms with Crippen LogP contribution in [0, 0.1) is 0 Å². The van der Waals surface area contributed by atoms with Gasteiger partial charge in [-0.2, -0.15) is 0 Å². The average Bonchev–Trinajstić information content (AvgIpc) is 2.65. The monoisotopic (exact) mass is 234 g/mol. The van der Waals surface area contributed by atoms with E-state index in [-0.39, 0.29) is 0 Å². The number of thioether (sulfide) groups is 2. The first-order valence-corrected chi connectivity index (χ1v) is 7.74. The number of unbranched alkanes of at least 4 members (excludes halogenated alkanes) is 4. The summed E-state index contributed by atoms with van der Waals surface area (Å²) < 4.78 is 0.772. The summed E-state index contributed by atoms with van der Waals surface area (Å²) in [6.45, 7) is 2.62. The lowest BCUT2D eigenvalue weighted by Crippen LogP contribution is -2.06. The van der Waals surface area contributed by atoms with E-state index in [1.54, 1.807) is 0 Å². The second kappa shape index (κ2) is 7.89. The van der Waals surface area contributed by atoms with Gasteiger partial charge in [0.1, 0.15) is 0 Å². The van der Waals surface area contributed by atoms with Crippen molar-refractivity contribution in [1.29, 1.82) is 0 Å². The minimum atomic E-state index is 0.365. The lowest BCUT2D eigenvalue weighted by molar-refractivity contribution is 0.301. The highest BCUT2D eigenvalue weighted by atomic mass is 32.2. The van der Waals surface area contributed by atoms with Gasteiger partial charge in [-0.3, -0.25) is 0 Å². The normalized spacial score (nSPS) is 27.0. The Labute approximate surface area is 96.4 Å². The summed E-state index contributed by atoms with van der Waals surface area (Å²) in [7, 11) is 0. The molecule has 1 fully saturated rings. The molecule has 0 aromatic heterocycles. The third kappa shape index (κ3) is 4.94. The Morgan fingerprint density at radius 3 is 2.64 bits per heavy atom. The van der Waals surface area contributed by atoms with Crippen molar-refractivity contribution in [1.82, 2.24) is 0 Å². The van der Waals surface area contributed by atoms with Crippen molar-refractivity contribution in [3.8, 4) is 0 Å². The SMILES string of the molecule is CCCCCCC[C@@H]1SC[C@@H](CO)S1. The van der Waals surface area contributed by atoms with E-state index in [0.29, 0.717) is 11.9 Å². The van der Waals surface area contributed by atoms with E-state index in [9.17, 15) is 0 Å². The first-order chi connectivity index (χ1) is 6.86. The lowest BCUT2D eigenvalue weighted by atomic mass is 10.1. The zero-order chi connectivity index (χ0) is 10.2. The second-order valence-electron chi connectivity index (χ2n) is 3.91. The topological polar surface area (TPSA) is 20.2 Å². The van der Waals surface area contributed by atoms with Gasteiger partial charge < -0.3 is 5.11 Å². The molecular weight excluding hydrogens is 212 g/mol. The van der Waals surface area contributed by atoms with Crippen LogP contribution in [0.5, 0.6) is 0 Å². The molecular formula is C11H22OS2. The van der Waals surface area contributed by atoms with Gasteiger partial charge in [-0.25, -0.2) is 0 Å². The Balaban J connectivity index is 1.92. The van der Waals surface area contributed by atoms with Crippen molar-refractivity contribution in [2.75, 3.05) is 12.4 Å². The number of hydrogen-bond acceptors (Lipinski definition) is 3. The molecule has 0 amide bonds. The third-order valence-corrected chi connectivity index (χ3v) is 5.95. The highest BCUT2D eigenvalue weighted by Crippen LogP contribution is 2.40. The van der Waals surface area contributed by atoms with Crippen molar-refractivity contribution in [3.63, 3.8) is 0 Å². The van der Waals surface area contributed by atoms with Gasteiger partial charge >= 0.3 is 0 Å². The van der Waals surface area contributed by atoms with Gasteiger partial charge in [0, 0.05) is 11.0 Å². The minimum Gasteiger partial charge on any atom is -0.395 e. The zero-order valence-corrected chi connectivity index (χ0v) is 10.7. The van der Waals surface area contributed by atoms with Gasteiger partial charge in [0.2, 0.25) is 0 Å². The fourth-order valence-corrected chi connectivity index (χ4v) is 4.93. The van der Waals surface area contributed by atoms with Crippen LogP contribution < -0.4 is 0 Å². The highest BCUT2D eigenvalue weighted by molar-refractivity contribution is 8.20. The van der Waals surface area contributed by atoms with E-state index in [1.165, 1.54) is 38.5 Å². The summed E-state index contributed by atoms with van der Waals surface area (Å²) in [5.41, 5.74) is 0. The first-order valence-electron chi connectivity index (χ1n) is 5.74. The largest absolute Gasteiger partial charge is 0.395 e. The standard InChI is InChI=1S/C11H22OS2/c1-2-3-4-5-6-7-11-13-9-10(8-12)14-11/h10-12H,2-9H2,1H3/t10-,11-/m1/s1. The van der Waals surface area contributed by atoms with E-state index in [2.05, 4.69) is 6.92 Å². The number of hydrogen-bond donors (Lipinski definition) is 1. The maximum atomic E-state index is 8.99. The Kier molecular flexibility index (Phi) is 7.17. The molecule has 1 aliphatic rings. The minimum absolute atomic E-state index is 0.365. The van der Waals surface area contributed by atoms with Crippen LogP contribution in [0.4, 0.5) is 0 Å². The van der Waals surface area contributed by atoms with Crippen LogP contribution in [0.15, 0.2) is 0 Å². The van der Waals surface area contributed by atoms with Crippen molar-refractivity contribution >= 4 is 23.5 Å². The molecule has 3 heteroatoms. The predicted molar refractivity (Wildman–Crippen MR) is 68.1 cm³/mol. The van der Waals surface area contributed by atoms with Crippen LogP contribution in [0.3, 0.4) is 0 Å². The van der Waals surface area contributed by atoms with E-state index in [0.717, 1.165) is 10.3 Å². The van der Waals surface area contributed by atoms with Gasteiger partial charge in [-0.1, -0.05) is 39.0 Å². The Morgan fingerprint density at radius 1 is 1.21 bits per heavy atom. The summed E-state index contributed by atoms with van der Waals surface area (Å²) in [4.78, 5) is 0. The quantitative estimate of drug-likeness (QED) is 0.681. The van der Waals surface area contributed by atoms with Crippen LogP contribution in [0.2, 0.25) is 0 Å². The molecule has 0 aromatic rings. The van der Waals surface area contributed by atoms with Crippen LogP contribution in [-0.4, -0.2) is 27.3 Å². The fourth-order valence-electron chi connectivity index (χ4n) is 1.67. The second-order valence-corrected chi connectivity index (χ2v) is 6.95. The number of rotatable bonds is 7. The number of aliphatic hydroxyl groups is 1. The molecule has 2 atom stereocenters. The smallest absolute Gasteiger partial charge is 0.0558 e. The Bertz CT molecular complexity index is 141. The van der Waals surface area contributed by atoms with Crippen LogP contribution in [0.1, 0.15) is 45.4 Å². The molecule has 0 spiro atoms. The molecule has 14 heavy (non-hydrogen) atoms. The van der Waals surface area contributed by atoms with Gasteiger partial charge in [0.15, 0.2) is 0 Å². The van der Waals surface area contributed by atoms with Crippen molar-refractivity contribution in [2.24, 2.45) is 0 Å². The summed E-state index contributed by atoms with van der Waals surface area (Å²) in [6.07, 6.45) is 8.25. The third-order valence-electron chi connectivity index (χ3n) is 2.56. The van der Waals surface area contributed by atoms with Gasteiger partial charge in [-0.15, -0.1) is 23.5 Å². The van der Waals surface area contributed by atoms with Gasteiger partial charge in [-0.05, 0) is 6.42 Å². The molecule has 0 bridgehead atoms. The molecule has 0 saturated carbocycles. The average molecular weight is 234 g/mol. The van der Waals surface area contributed by atoms with Crippen molar-refractivity contribution < 1.29 is 5.11 Å². The Hall–Kier alpha value is 0.660. The van der Waals surface area contributed by atoms with Gasteiger partial charge in [0.05, 0.1) is 11.2 Å². The van der Waals surface area contributed by atoms with E-state index in [4.69, 9.17) is 5.11 Å². The molecule has 0 unspecified atom stereocenters. The fraction of sp³-hybridized carbons (Fsp3) is 1.00.